The van der Waals surface area contributed by atoms with Gasteiger partial charge in [-0.3, -0.25) is 0 Å². The van der Waals surface area contributed by atoms with Crippen LogP contribution in [0.5, 0.6) is 0 Å². The van der Waals surface area contributed by atoms with E-state index in [1.807, 2.05) is 25.7 Å². The van der Waals surface area contributed by atoms with Crippen molar-refractivity contribution in [2.45, 2.75) is 85.0 Å². The monoisotopic (exact) mass is 325 g/mol. The third kappa shape index (κ3) is 4.62. The Hall–Kier alpha value is -0.770. The van der Waals surface area contributed by atoms with Gasteiger partial charge in [0, 0.05) is 18.5 Å². The van der Waals surface area contributed by atoms with E-state index >= 15 is 0 Å². The number of amides is 1. The minimum Gasteiger partial charge on any atom is -0.444 e. The van der Waals surface area contributed by atoms with E-state index < -0.39 is 5.60 Å². The molecule has 1 saturated carbocycles. The fraction of sp³-hybridized carbons (Fsp3) is 0.947. The van der Waals surface area contributed by atoms with Crippen LogP contribution >= 0.6 is 0 Å². The molecule has 1 amide bonds. The van der Waals surface area contributed by atoms with Gasteiger partial charge in [-0.1, -0.05) is 20.8 Å². The van der Waals surface area contributed by atoms with Crippen LogP contribution in [0.2, 0.25) is 0 Å². The summed E-state index contributed by atoms with van der Waals surface area (Å²) in [4.78, 5) is 14.6. The Labute approximate surface area is 141 Å². The number of rotatable bonds is 1. The van der Waals surface area contributed by atoms with Gasteiger partial charge in [0.2, 0.25) is 0 Å². The topological polar surface area (TPSA) is 49.8 Å². The number of hydrogen-bond donors (Lipinski definition) is 1. The van der Waals surface area contributed by atoms with E-state index in [1.165, 1.54) is 0 Å². The second kappa shape index (κ2) is 7.00. The van der Waals surface area contributed by atoms with Crippen LogP contribution in [0.25, 0.3) is 0 Å². The highest BCUT2D eigenvalue weighted by atomic mass is 16.6. The minimum atomic E-state index is -0.476. The SMILES string of the molecule is CC1CC(C)C(C2CC(C)CCN2C(=O)OC(C)(C)C)C(O)C1. The Balaban J connectivity index is 2.18. The summed E-state index contributed by atoms with van der Waals surface area (Å²) >= 11 is 0. The highest BCUT2D eigenvalue weighted by Gasteiger charge is 2.44. The first-order valence-corrected chi connectivity index (χ1v) is 9.26. The van der Waals surface area contributed by atoms with Gasteiger partial charge in [0.1, 0.15) is 5.60 Å². The average Bonchev–Trinajstić information content (AvgIpc) is 2.35. The van der Waals surface area contributed by atoms with Gasteiger partial charge in [-0.25, -0.2) is 4.79 Å². The maximum absolute atomic E-state index is 12.7. The van der Waals surface area contributed by atoms with Gasteiger partial charge in [-0.2, -0.15) is 0 Å². The van der Waals surface area contributed by atoms with Gasteiger partial charge < -0.3 is 14.7 Å². The fourth-order valence-electron chi connectivity index (χ4n) is 4.57. The predicted octanol–water partition coefficient (Wildman–Crippen LogP) is 4.07. The Morgan fingerprint density at radius 3 is 2.30 bits per heavy atom. The first kappa shape index (κ1) is 18.6. The van der Waals surface area contributed by atoms with Gasteiger partial charge in [0.25, 0.3) is 0 Å². The zero-order valence-corrected chi connectivity index (χ0v) is 15.7. The summed E-state index contributed by atoms with van der Waals surface area (Å²) in [5.41, 5.74) is -0.476. The molecule has 4 nitrogen and oxygen atoms in total. The highest BCUT2D eigenvalue weighted by Crippen LogP contribution is 2.41. The molecule has 0 aromatic rings. The molecule has 6 atom stereocenters. The van der Waals surface area contributed by atoms with E-state index in [2.05, 4.69) is 20.8 Å². The molecule has 1 heterocycles. The highest BCUT2D eigenvalue weighted by molar-refractivity contribution is 5.68. The van der Waals surface area contributed by atoms with Crippen molar-refractivity contribution in [3.05, 3.63) is 0 Å². The molecule has 2 aliphatic rings. The zero-order valence-electron chi connectivity index (χ0n) is 15.7. The standard InChI is InChI=1S/C19H35NO3/c1-12-7-8-20(18(22)23-19(4,5)6)15(10-12)17-14(3)9-13(2)11-16(17)21/h12-17,21H,7-11H2,1-6H3. The molecule has 23 heavy (non-hydrogen) atoms. The Morgan fingerprint density at radius 2 is 1.74 bits per heavy atom. The van der Waals surface area contributed by atoms with Crippen LogP contribution in [0.15, 0.2) is 0 Å². The van der Waals surface area contributed by atoms with E-state index in [1.54, 1.807) is 0 Å². The summed E-state index contributed by atoms with van der Waals surface area (Å²) in [5, 5.41) is 10.7. The van der Waals surface area contributed by atoms with Crippen molar-refractivity contribution in [1.29, 1.82) is 0 Å². The number of aliphatic hydroxyl groups is 1. The number of nitrogens with zero attached hydrogens (tertiary/aromatic N) is 1. The van der Waals surface area contributed by atoms with Gasteiger partial charge in [-0.15, -0.1) is 0 Å². The molecule has 0 aromatic heterocycles. The molecule has 0 spiro atoms. The normalized spacial score (nSPS) is 39.2. The van der Waals surface area contributed by atoms with Gasteiger partial charge in [0.15, 0.2) is 0 Å². The minimum absolute atomic E-state index is 0.103. The number of ether oxygens (including phenoxy) is 1. The maximum Gasteiger partial charge on any atom is 0.410 e. The molecule has 134 valence electrons. The smallest absolute Gasteiger partial charge is 0.410 e. The molecule has 2 fully saturated rings. The number of piperidine rings is 1. The second-order valence-electron chi connectivity index (χ2n) is 9.07. The van der Waals surface area contributed by atoms with E-state index in [0.717, 1.165) is 32.2 Å². The lowest BCUT2D eigenvalue weighted by atomic mass is 9.68. The molecule has 1 saturated heterocycles. The van der Waals surface area contributed by atoms with Crippen molar-refractivity contribution in [3.8, 4) is 0 Å². The van der Waals surface area contributed by atoms with Crippen molar-refractivity contribution in [1.82, 2.24) is 4.90 Å². The molecule has 1 aliphatic carbocycles. The summed E-state index contributed by atoms with van der Waals surface area (Å²) in [6.07, 6.45) is 3.45. The summed E-state index contributed by atoms with van der Waals surface area (Å²) in [6.45, 7) is 13.2. The van der Waals surface area contributed by atoms with Crippen molar-refractivity contribution >= 4 is 6.09 Å². The van der Waals surface area contributed by atoms with E-state index in [0.29, 0.717) is 17.8 Å². The molecule has 1 N–H and O–H groups in total. The summed E-state index contributed by atoms with van der Waals surface area (Å²) in [6, 6.07) is 0.103. The lowest BCUT2D eigenvalue weighted by molar-refractivity contribution is -0.0581. The van der Waals surface area contributed by atoms with Gasteiger partial charge >= 0.3 is 6.09 Å². The Morgan fingerprint density at radius 1 is 1.09 bits per heavy atom. The Bertz CT molecular complexity index is 405. The van der Waals surface area contributed by atoms with Crippen molar-refractivity contribution in [3.63, 3.8) is 0 Å². The summed E-state index contributed by atoms with van der Waals surface area (Å²) < 4.78 is 5.63. The van der Waals surface area contributed by atoms with Crippen molar-refractivity contribution in [2.24, 2.45) is 23.7 Å². The largest absolute Gasteiger partial charge is 0.444 e. The third-order valence-corrected chi connectivity index (χ3v) is 5.50. The maximum atomic E-state index is 12.7. The number of likely N-dealkylation sites (tertiary alicyclic amines) is 1. The third-order valence-electron chi connectivity index (χ3n) is 5.50. The van der Waals surface area contributed by atoms with Crippen LogP contribution in [0.1, 0.15) is 67.2 Å². The number of carbonyl (C=O) groups excluding carboxylic acids is 1. The number of hydrogen-bond acceptors (Lipinski definition) is 3. The van der Waals surface area contributed by atoms with E-state index in [-0.39, 0.29) is 24.2 Å². The van der Waals surface area contributed by atoms with Crippen LogP contribution in [-0.4, -0.2) is 40.4 Å². The summed E-state index contributed by atoms with van der Waals surface area (Å²) in [5.74, 6) is 1.76. The number of carbonyl (C=O) groups is 1. The van der Waals surface area contributed by atoms with E-state index in [4.69, 9.17) is 4.74 Å². The first-order chi connectivity index (χ1) is 10.6. The molecule has 0 bridgehead atoms. The first-order valence-electron chi connectivity index (χ1n) is 9.26. The van der Waals surface area contributed by atoms with Crippen LogP contribution < -0.4 is 0 Å². The van der Waals surface area contributed by atoms with E-state index in [9.17, 15) is 9.90 Å². The average molecular weight is 325 g/mol. The Kier molecular flexibility index (Phi) is 5.65. The quantitative estimate of drug-likeness (QED) is 0.791. The molecular formula is C19H35NO3. The van der Waals surface area contributed by atoms with Crippen LogP contribution in [0.4, 0.5) is 4.79 Å². The van der Waals surface area contributed by atoms with Gasteiger partial charge in [0.05, 0.1) is 6.10 Å². The zero-order chi connectivity index (χ0) is 17.4. The van der Waals surface area contributed by atoms with Crippen molar-refractivity contribution in [2.75, 3.05) is 6.54 Å². The molecule has 0 radical (unpaired) electrons. The lowest BCUT2D eigenvalue weighted by Crippen LogP contribution is -2.56. The van der Waals surface area contributed by atoms with Crippen LogP contribution in [0.3, 0.4) is 0 Å². The van der Waals surface area contributed by atoms with Gasteiger partial charge in [-0.05, 0) is 64.2 Å². The van der Waals surface area contributed by atoms with Crippen molar-refractivity contribution < 1.29 is 14.6 Å². The fourth-order valence-corrected chi connectivity index (χ4v) is 4.57. The number of aliphatic hydroxyl groups excluding tert-OH is 1. The lowest BCUT2D eigenvalue weighted by Gasteiger charge is -2.48. The molecule has 0 aromatic carbocycles. The van der Waals surface area contributed by atoms with Crippen LogP contribution in [0, 0.1) is 23.7 Å². The predicted molar refractivity (Wildman–Crippen MR) is 92.2 cm³/mol. The molecular weight excluding hydrogens is 290 g/mol. The van der Waals surface area contributed by atoms with Crippen LogP contribution in [-0.2, 0) is 4.74 Å². The molecule has 6 unspecified atom stereocenters. The molecule has 4 heteroatoms. The second-order valence-corrected chi connectivity index (χ2v) is 9.07. The molecule has 1 aliphatic heterocycles. The molecule has 2 rings (SSSR count). The summed E-state index contributed by atoms with van der Waals surface area (Å²) in [7, 11) is 0.